The van der Waals surface area contributed by atoms with Gasteiger partial charge in [-0.15, -0.1) is 0 Å². The van der Waals surface area contributed by atoms with E-state index in [2.05, 4.69) is 4.98 Å². The first-order valence-electron chi connectivity index (χ1n) is 9.62. The highest BCUT2D eigenvalue weighted by molar-refractivity contribution is 5.94. The van der Waals surface area contributed by atoms with Crippen molar-refractivity contribution in [2.24, 2.45) is 7.05 Å². The number of para-hydroxylation sites is 1. The molecule has 1 aliphatic heterocycles. The van der Waals surface area contributed by atoms with Crippen LogP contribution in [0.4, 0.5) is 8.78 Å². The number of carbonyl (C=O) groups is 1. The zero-order valence-corrected chi connectivity index (χ0v) is 16.3. The number of amides is 1. The average Bonchev–Trinajstić information content (AvgIpc) is 3.21. The molecule has 0 saturated carbocycles. The van der Waals surface area contributed by atoms with E-state index < -0.39 is 36.0 Å². The van der Waals surface area contributed by atoms with Crippen LogP contribution in [0, 0.1) is 0 Å². The summed E-state index contributed by atoms with van der Waals surface area (Å²) in [7, 11) is 1.55. The molecule has 9 heteroatoms. The number of rotatable bonds is 4. The van der Waals surface area contributed by atoms with Crippen LogP contribution in [-0.2, 0) is 13.6 Å². The summed E-state index contributed by atoms with van der Waals surface area (Å²) in [5, 5.41) is 0.245. The van der Waals surface area contributed by atoms with E-state index >= 15 is 0 Å². The van der Waals surface area contributed by atoms with Gasteiger partial charge in [-0.25, -0.2) is 13.8 Å². The largest absolute Gasteiger partial charge is 0.328 e. The fourth-order valence-electron chi connectivity index (χ4n) is 3.95. The van der Waals surface area contributed by atoms with Gasteiger partial charge in [0.2, 0.25) is 0 Å². The smallest absolute Gasteiger partial charge is 0.263 e. The Kier molecular flexibility index (Phi) is 5.19. The Bertz CT molecular complexity index is 1230. The number of carbonyl (C=O) groups excluding carboxylic acids is 1. The van der Waals surface area contributed by atoms with Crippen LogP contribution in [0.15, 0.2) is 52.2 Å². The number of alkyl halides is 2. The van der Waals surface area contributed by atoms with Gasteiger partial charge in [0, 0.05) is 19.8 Å². The fourth-order valence-corrected chi connectivity index (χ4v) is 3.95. The molecule has 3 aromatic rings. The number of aryl methyl sites for hydroxylation is 1. The van der Waals surface area contributed by atoms with Crippen LogP contribution in [0.1, 0.15) is 35.1 Å². The summed E-state index contributed by atoms with van der Waals surface area (Å²) >= 11 is 0. The van der Waals surface area contributed by atoms with Gasteiger partial charge >= 0.3 is 0 Å². The molecule has 0 aliphatic carbocycles. The van der Waals surface area contributed by atoms with E-state index in [1.165, 1.54) is 15.5 Å². The van der Waals surface area contributed by atoms with Crippen LogP contribution in [0.5, 0.6) is 0 Å². The van der Waals surface area contributed by atoms with Crippen LogP contribution >= 0.6 is 0 Å². The third-order valence-electron chi connectivity index (χ3n) is 5.38. The highest BCUT2D eigenvalue weighted by Crippen LogP contribution is 2.32. The molecule has 1 aliphatic rings. The Balaban J connectivity index is 1.84. The van der Waals surface area contributed by atoms with E-state index in [4.69, 9.17) is 0 Å². The van der Waals surface area contributed by atoms with E-state index in [1.54, 1.807) is 43.6 Å². The zero-order valence-electron chi connectivity index (χ0n) is 16.3. The lowest BCUT2D eigenvalue weighted by molar-refractivity contribution is 0.0718. The van der Waals surface area contributed by atoms with E-state index in [1.807, 2.05) is 0 Å². The number of likely N-dealkylation sites (tertiary alicyclic amines) is 1. The Hall–Kier alpha value is -3.36. The summed E-state index contributed by atoms with van der Waals surface area (Å²) in [6.07, 6.45) is -0.129. The highest BCUT2D eigenvalue weighted by atomic mass is 19.3. The standard InChI is InChI=1S/C21H20F2N4O3/c1-25-10-4-7-14(19(25)28)21(30)26-11-5-9-16(26)18-24-15-8-3-2-6-13(15)20(29)27(18)12-17(22)23/h2-4,6-8,10,16-17H,5,9,11-12H2,1H3. The second-order valence-electron chi connectivity index (χ2n) is 7.29. The second-order valence-corrected chi connectivity index (χ2v) is 7.29. The van der Waals surface area contributed by atoms with Crippen molar-refractivity contribution in [3.8, 4) is 0 Å². The van der Waals surface area contributed by atoms with Crippen molar-refractivity contribution in [1.29, 1.82) is 0 Å². The van der Waals surface area contributed by atoms with Gasteiger partial charge < -0.3 is 9.47 Å². The van der Waals surface area contributed by atoms with Gasteiger partial charge in [-0.3, -0.25) is 19.0 Å². The molecule has 0 N–H and O–H groups in total. The minimum Gasteiger partial charge on any atom is -0.328 e. The molecule has 3 heterocycles. The van der Waals surface area contributed by atoms with E-state index in [0.717, 1.165) is 4.57 Å². The molecule has 0 spiro atoms. The number of fused-ring (bicyclic) bond motifs is 1. The van der Waals surface area contributed by atoms with Crippen molar-refractivity contribution in [3.63, 3.8) is 0 Å². The molecule has 0 bridgehead atoms. The topological polar surface area (TPSA) is 77.2 Å². The maximum atomic E-state index is 13.3. The van der Waals surface area contributed by atoms with Gasteiger partial charge in [-0.05, 0) is 37.1 Å². The third kappa shape index (κ3) is 3.40. The van der Waals surface area contributed by atoms with Crippen molar-refractivity contribution in [2.45, 2.75) is 31.9 Å². The molecule has 1 amide bonds. The maximum absolute atomic E-state index is 13.3. The monoisotopic (exact) mass is 414 g/mol. The Morgan fingerprint density at radius 3 is 2.70 bits per heavy atom. The number of benzene rings is 1. The van der Waals surface area contributed by atoms with Crippen molar-refractivity contribution >= 4 is 16.8 Å². The second kappa shape index (κ2) is 7.81. The number of hydrogen-bond acceptors (Lipinski definition) is 4. The van der Waals surface area contributed by atoms with Crippen LogP contribution in [-0.4, -0.2) is 37.9 Å². The molecular formula is C21H20F2N4O3. The minimum atomic E-state index is -2.75. The van der Waals surface area contributed by atoms with Gasteiger partial charge in [0.15, 0.2) is 0 Å². The number of nitrogens with zero attached hydrogens (tertiary/aromatic N) is 4. The summed E-state index contributed by atoms with van der Waals surface area (Å²) in [5.41, 5.74) is -0.621. The SMILES string of the molecule is Cn1cccc(C(=O)N2CCCC2c2nc3ccccc3c(=O)n2CC(F)F)c1=O. The molecule has 0 radical (unpaired) electrons. The first-order chi connectivity index (χ1) is 14.4. The van der Waals surface area contributed by atoms with Gasteiger partial charge in [0.05, 0.1) is 23.5 Å². The Morgan fingerprint density at radius 2 is 1.93 bits per heavy atom. The first kappa shape index (κ1) is 19.9. The van der Waals surface area contributed by atoms with Crippen LogP contribution < -0.4 is 11.1 Å². The van der Waals surface area contributed by atoms with Gasteiger partial charge in [-0.1, -0.05) is 12.1 Å². The van der Waals surface area contributed by atoms with E-state index in [9.17, 15) is 23.2 Å². The molecule has 2 aromatic heterocycles. The van der Waals surface area contributed by atoms with Gasteiger partial charge in [0.25, 0.3) is 23.5 Å². The lowest BCUT2D eigenvalue weighted by Gasteiger charge is -2.26. The normalized spacial score (nSPS) is 16.5. The molecule has 30 heavy (non-hydrogen) atoms. The Labute approximate surface area is 170 Å². The minimum absolute atomic E-state index is 0.00422. The van der Waals surface area contributed by atoms with Crippen molar-refractivity contribution in [2.75, 3.05) is 6.54 Å². The third-order valence-corrected chi connectivity index (χ3v) is 5.38. The fraction of sp³-hybridized carbons (Fsp3) is 0.333. The molecular weight excluding hydrogens is 394 g/mol. The molecule has 7 nitrogen and oxygen atoms in total. The van der Waals surface area contributed by atoms with Crippen molar-refractivity contribution in [1.82, 2.24) is 19.0 Å². The quantitative estimate of drug-likeness (QED) is 0.657. The van der Waals surface area contributed by atoms with E-state index in [-0.39, 0.29) is 16.8 Å². The highest BCUT2D eigenvalue weighted by Gasteiger charge is 2.35. The maximum Gasteiger partial charge on any atom is 0.263 e. The molecule has 1 atom stereocenters. The number of aromatic nitrogens is 3. The summed E-state index contributed by atoms with van der Waals surface area (Å²) in [5.74, 6) is -0.373. The Morgan fingerprint density at radius 1 is 1.17 bits per heavy atom. The molecule has 1 fully saturated rings. The number of hydrogen-bond donors (Lipinski definition) is 0. The molecule has 1 unspecified atom stereocenters. The lowest BCUT2D eigenvalue weighted by atomic mass is 10.1. The molecule has 156 valence electrons. The van der Waals surface area contributed by atoms with Crippen LogP contribution in [0.2, 0.25) is 0 Å². The molecule has 1 aromatic carbocycles. The van der Waals surface area contributed by atoms with Crippen LogP contribution in [0.25, 0.3) is 10.9 Å². The van der Waals surface area contributed by atoms with Gasteiger partial charge in [0.1, 0.15) is 11.4 Å². The zero-order chi connectivity index (χ0) is 21.4. The summed E-state index contributed by atoms with van der Waals surface area (Å²) < 4.78 is 28.8. The predicted octanol–water partition coefficient (Wildman–Crippen LogP) is 2.34. The predicted molar refractivity (Wildman–Crippen MR) is 107 cm³/mol. The first-order valence-corrected chi connectivity index (χ1v) is 9.62. The summed E-state index contributed by atoms with van der Waals surface area (Å²) in [4.78, 5) is 44.4. The van der Waals surface area contributed by atoms with Gasteiger partial charge in [-0.2, -0.15) is 0 Å². The summed E-state index contributed by atoms with van der Waals surface area (Å²) in [6, 6.07) is 8.91. The number of halogens is 2. The van der Waals surface area contributed by atoms with Crippen LogP contribution in [0.3, 0.4) is 0 Å². The molecule has 4 rings (SSSR count). The summed E-state index contributed by atoms with van der Waals surface area (Å²) in [6.45, 7) is -0.462. The molecule has 1 saturated heterocycles. The average molecular weight is 414 g/mol. The number of pyridine rings is 1. The van der Waals surface area contributed by atoms with Crippen molar-refractivity contribution < 1.29 is 13.6 Å². The van der Waals surface area contributed by atoms with Crippen molar-refractivity contribution in [3.05, 3.63) is 74.7 Å². The van der Waals surface area contributed by atoms with E-state index in [0.29, 0.717) is 24.9 Å². The lowest BCUT2D eigenvalue weighted by Crippen LogP contribution is -2.39.